The predicted molar refractivity (Wildman–Crippen MR) is 91.0 cm³/mol. The van der Waals surface area contributed by atoms with Gasteiger partial charge in [-0.25, -0.2) is 4.98 Å². The van der Waals surface area contributed by atoms with Gasteiger partial charge in [0.15, 0.2) is 11.0 Å². The highest BCUT2D eigenvalue weighted by molar-refractivity contribution is 7.98. The van der Waals surface area contributed by atoms with Crippen LogP contribution in [0.5, 0.6) is 0 Å². The molecule has 0 saturated heterocycles. The Bertz CT molecular complexity index is 720. The van der Waals surface area contributed by atoms with Crippen molar-refractivity contribution < 1.29 is 0 Å². The molecule has 0 aliphatic heterocycles. The number of benzene rings is 2. The summed E-state index contributed by atoms with van der Waals surface area (Å²) in [6.45, 7) is 4.30. The first kappa shape index (κ1) is 14.9. The number of hydrogen-bond acceptors (Lipinski definition) is 3. The van der Waals surface area contributed by atoms with Crippen molar-refractivity contribution in [1.29, 1.82) is 0 Å². The van der Waals surface area contributed by atoms with Crippen LogP contribution in [-0.2, 0) is 11.2 Å². The topological polar surface area (TPSA) is 41.6 Å². The molecule has 4 heteroatoms. The van der Waals surface area contributed by atoms with Crippen LogP contribution in [0.25, 0.3) is 0 Å². The molecule has 3 rings (SSSR count). The van der Waals surface area contributed by atoms with Crippen molar-refractivity contribution in [3.63, 3.8) is 0 Å². The zero-order valence-electron chi connectivity index (χ0n) is 12.8. The summed E-state index contributed by atoms with van der Waals surface area (Å²) in [5, 5.41) is 8.34. The summed E-state index contributed by atoms with van der Waals surface area (Å²) in [6, 6.07) is 20.8. The van der Waals surface area contributed by atoms with Crippen LogP contribution in [0.4, 0.5) is 0 Å². The highest BCUT2D eigenvalue weighted by atomic mass is 32.2. The van der Waals surface area contributed by atoms with Crippen molar-refractivity contribution in [3.8, 4) is 0 Å². The van der Waals surface area contributed by atoms with E-state index in [1.807, 2.05) is 12.1 Å². The first-order valence-corrected chi connectivity index (χ1v) is 8.30. The number of rotatable bonds is 5. The largest absolute Gasteiger partial charge is 0.254 e. The van der Waals surface area contributed by atoms with E-state index in [1.165, 1.54) is 11.1 Å². The van der Waals surface area contributed by atoms with Gasteiger partial charge in [0.2, 0.25) is 0 Å². The third kappa shape index (κ3) is 3.22. The first-order valence-electron chi connectivity index (χ1n) is 7.31. The predicted octanol–water partition coefficient (Wildman–Crippen LogP) is 4.42. The van der Waals surface area contributed by atoms with Gasteiger partial charge in [-0.05, 0) is 25.0 Å². The zero-order chi connectivity index (χ0) is 15.4. The lowest BCUT2D eigenvalue weighted by Gasteiger charge is -2.21. The summed E-state index contributed by atoms with van der Waals surface area (Å²) in [7, 11) is 0. The molecule has 0 atom stereocenters. The molecule has 0 aliphatic carbocycles. The Labute approximate surface area is 135 Å². The summed E-state index contributed by atoms with van der Waals surface area (Å²) in [5.74, 6) is 1.72. The second-order valence-electron chi connectivity index (χ2n) is 5.73. The van der Waals surface area contributed by atoms with E-state index in [4.69, 9.17) is 0 Å². The Balaban J connectivity index is 1.73. The van der Waals surface area contributed by atoms with E-state index in [-0.39, 0.29) is 5.41 Å². The van der Waals surface area contributed by atoms with Crippen LogP contribution in [0.15, 0.2) is 65.8 Å². The van der Waals surface area contributed by atoms with Gasteiger partial charge in [0.05, 0.1) is 5.41 Å². The molecule has 0 unspecified atom stereocenters. The smallest absolute Gasteiger partial charge is 0.184 e. The minimum Gasteiger partial charge on any atom is -0.254 e. The maximum Gasteiger partial charge on any atom is 0.184 e. The normalized spacial score (nSPS) is 11.5. The van der Waals surface area contributed by atoms with E-state index in [1.54, 1.807) is 11.8 Å². The average molecular weight is 309 g/mol. The van der Waals surface area contributed by atoms with Gasteiger partial charge in [0.1, 0.15) is 0 Å². The molecule has 3 nitrogen and oxygen atoms in total. The van der Waals surface area contributed by atoms with Gasteiger partial charge in [-0.2, -0.15) is 5.10 Å². The third-order valence-electron chi connectivity index (χ3n) is 3.74. The molecule has 0 fully saturated rings. The number of aromatic nitrogens is 3. The first-order chi connectivity index (χ1) is 10.7. The van der Waals surface area contributed by atoms with E-state index in [2.05, 4.69) is 77.6 Å². The Morgan fingerprint density at radius 2 is 1.59 bits per heavy atom. The maximum absolute atomic E-state index is 4.67. The van der Waals surface area contributed by atoms with Gasteiger partial charge < -0.3 is 0 Å². The molecule has 1 N–H and O–H groups in total. The van der Waals surface area contributed by atoms with E-state index < -0.39 is 0 Å². The molecule has 0 saturated carbocycles. The van der Waals surface area contributed by atoms with E-state index in [0.717, 1.165) is 16.7 Å². The Morgan fingerprint density at radius 1 is 0.955 bits per heavy atom. The van der Waals surface area contributed by atoms with Crippen LogP contribution >= 0.6 is 11.8 Å². The SMILES string of the molecule is CC(C)(c1ccccc1)c1n[nH]c(SCc2ccccc2)n1. The van der Waals surface area contributed by atoms with Gasteiger partial charge in [-0.3, -0.25) is 5.10 Å². The fourth-order valence-corrected chi connectivity index (χ4v) is 3.06. The summed E-state index contributed by atoms with van der Waals surface area (Å²) in [4.78, 5) is 4.67. The van der Waals surface area contributed by atoms with Crippen LogP contribution < -0.4 is 0 Å². The number of thioether (sulfide) groups is 1. The molecule has 2 aromatic carbocycles. The van der Waals surface area contributed by atoms with Gasteiger partial charge in [-0.15, -0.1) is 0 Å². The minimum atomic E-state index is -0.205. The molecular weight excluding hydrogens is 290 g/mol. The second-order valence-corrected chi connectivity index (χ2v) is 6.69. The highest BCUT2D eigenvalue weighted by Crippen LogP contribution is 2.30. The number of aromatic amines is 1. The maximum atomic E-state index is 4.67. The lowest BCUT2D eigenvalue weighted by atomic mass is 9.84. The molecule has 0 bridgehead atoms. The molecule has 0 amide bonds. The lowest BCUT2D eigenvalue weighted by molar-refractivity contribution is 0.592. The molecule has 1 aromatic heterocycles. The van der Waals surface area contributed by atoms with E-state index >= 15 is 0 Å². The van der Waals surface area contributed by atoms with Crippen LogP contribution in [0.3, 0.4) is 0 Å². The van der Waals surface area contributed by atoms with Crippen LogP contribution in [0.1, 0.15) is 30.8 Å². The third-order valence-corrected chi connectivity index (χ3v) is 4.67. The summed E-state index contributed by atoms with van der Waals surface area (Å²) >= 11 is 1.68. The molecule has 22 heavy (non-hydrogen) atoms. The Kier molecular flexibility index (Phi) is 4.29. The molecule has 0 aliphatic rings. The van der Waals surface area contributed by atoms with Gasteiger partial charge in [-0.1, -0.05) is 72.4 Å². The molecule has 3 aromatic rings. The van der Waals surface area contributed by atoms with Crippen LogP contribution in [0, 0.1) is 0 Å². The molecular formula is C18H19N3S. The number of H-pyrrole nitrogens is 1. The van der Waals surface area contributed by atoms with Crippen molar-refractivity contribution in [2.75, 3.05) is 0 Å². The summed E-state index contributed by atoms with van der Waals surface area (Å²) < 4.78 is 0. The molecule has 0 radical (unpaired) electrons. The van der Waals surface area contributed by atoms with Gasteiger partial charge >= 0.3 is 0 Å². The summed E-state index contributed by atoms with van der Waals surface area (Å²) in [6.07, 6.45) is 0. The summed E-state index contributed by atoms with van der Waals surface area (Å²) in [5.41, 5.74) is 2.30. The van der Waals surface area contributed by atoms with Crippen molar-refractivity contribution >= 4 is 11.8 Å². The number of nitrogens with one attached hydrogen (secondary N) is 1. The number of hydrogen-bond donors (Lipinski definition) is 1. The standard InChI is InChI=1S/C18H19N3S/c1-18(2,15-11-7-4-8-12-15)16-19-17(21-20-16)22-13-14-9-5-3-6-10-14/h3-12H,13H2,1-2H3,(H,19,20,21). The quantitative estimate of drug-likeness (QED) is 0.709. The molecule has 112 valence electrons. The second kappa shape index (κ2) is 6.36. The van der Waals surface area contributed by atoms with Crippen molar-refractivity contribution in [2.24, 2.45) is 0 Å². The lowest BCUT2D eigenvalue weighted by Crippen LogP contribution is -2.20. The fourth-order valence-electron chi connectivity index (χ4n) is 2.30. The van der Waals surface area contributed by atoms with E-state index in [0.29, 0.717) is 0 Å². The van der Waals surface area contributed by atoms with Crippen molar-refractivity contribution in [1.82, 2.24) is 15.2 Å². The number of nitrogens with zero attached hydrogens (tertiary/aromatic N) is 2. The van der Waals surface area contributed by atoms with Crippen molar-refractivity contribution in [3.05, 3.63) is 77.6 Å². The van der Waals surface area contributed by atoms with E-state index in [9.17, 15) is 0 Å². The highest BCUT2D eigenvalue weighted by Gasteiger charge is 2.27. The molecule has 1 heterocycles. The Hall–Kier alpha value is -2.07. The minimum absolute atomic E-state index is 0.205. The molecule has 0 spiro atoms. The van der Waals surface area contributed by atoms with Crippen molar-refractivity contribution in [2.45, 2.75) is 30.2 Å². The Morgan fingerprint density at radius 3 is 2.27 bits per heavy atom. The monoisotopic (exact) mass is 309 g/mol. The zero-order valence-corrected chi connectivity index (χ0v) is 13.6. The average Bonchev–Trinajstić information content (AvgIpc) is 3.04. The fraction of sp³-hybridized carbons (Fsp3) is 0.222. The van der Waals surface area contributed by atoms with Gasteiger partial charge in [0.25, 0.3) is 0 Å². The van der Waals surface area contributed by atoms with Crippen LogP contribution in [-0.4, -0.2) is 15.2 Å². The van der Waals surface area contributed by atoms with Crippen LogP contribution in [0.2, 0.25) is 0 Å². The van der Waals surface area contributed by atoms with Gasteiger partial charge in [0, 0.05) is 5.75 Å².